The summed E-state index contributed by atoms with van der Waals surface area (Å²) in [6, 6.07) is 12.1. The highest BCUT2D eigenvalue weighted by molar-refractivity contribution is 6.34. The first kappa shape index (κ1) is 21.0. The number of hydrogen-bond donors (Lipinski definition) is 2. The van der Waals surface area contributed by atoms with Crippen LogP contribution in [0.2, 0.25) is 5.02 Å². The number of benzene rings is 2. The van der Waals surface area contributed by atoms with Crippen LogP contribution in [0.15, 0.2) is 59.9 Å². The molecule has 2 aromatic rings. The Bertz CT molecular complexity index is 946. The average molecular weight is 425 g/mol. The van der Waals surface area contributed by atoms with Crippen molar-refractivity contribution >= 4 is 23.2 Å². The smallest absolute Gasteiger partial charge is 0.399 e. The first-order valence-electron chi connectivity index (χ1n) is 8.85. The zero-order chi connectivity index (χ0) is 21.3. The summed E-state index contributed by atoms with van der Waals surface area (Å²) >= 11 is 5.91. The van der Waals surface area contributed by atoms with E-state index in [4.69, 9.17) is 23.2 Å². The van der Waals surface area contributed by atoms with Gasteiger partial charge in [0.05, 0.1) is 34.1 Å². The van der Waals surface area contributed by atoms with Gasteiger partial charge in [0, 0.05) is 18.2 Å². The number of rotatable bonds is 3. The van der Waals surface area contributed by atoms with E-state index in [1.54, 1.807) is 6.92 Å². The van der Waals surface area contributed by atoms with Crippen molar-refractivity contribution in [2.45, 2.75) is 25.6 Å². The van der Waals surface area contributed by atoms with Crippen LogP contribution in [0.4, 0.5) is 18.9 Å². The first-order chi connectivity index (χ1) is 13.6. The minimum absolute atomic E-state index is 0.0302. The number of anilines is 1. The molecule has 0 spiro atoms. The molecule has 1 heterocycles. The second-order valence-corrected chi connectivity index (χ2v) is 7.21. The van der Waals surface area contributed by atoms with Crippen molar-refractivity contribution < 1.29 is 18.0 Å². The molecule has 0 aromatic heterocycles. The second-order valence-electron chi connectivity index (χ2n) is 6.83. The van der Waals surface area contributed by atoms with Crippen molar-refractivity contribution in [1.82, 2.24) is 4.90 Å². The van der Waals surface area contributed by atoms with Crippen LogP contribution in [-0.2, 0) is 6.18 Å². The van der Waals surface area contributed by atoms with Gasteiger partial charge in [-0.3, -0.25) is 9.80 Å². The summed E-state index contributed by atoms with van der Waals surface area (Å²) in [4.78, 5) is 14.4. The molecule has 0 aliphatic carbocycles. The van der Waals surface area contributed by atoms with Gasteiger partial charge in [-0.05, 0) is 31.2 Å². The largest absolute Gasteiger partial charge is 0.417 e. The maximum Gasteiger partial charge on any atom is 0.417 e. The molecule has 9 heteroatoms. The minimum atomic E-state index is -4.65. The van der Waals surface area contributed by atoms with Gasteiger partial charge in [0.1, 0.15) is 0 Å². The Morgan fingerprint density at radius 2 is 1.83 bits per heavy atom. The van der Waals surface area contributed by atoms with Crippen LogP contribution >= 0.6 is 11.6 Å². The Kier molecular flexibility index (Phi) is 5.77. The molecule has 29 heavy (non-hydrogen) atoms. The number of para-hydroxylation sites is 1. The fourth-order valence-corrected chi connectivity index (χ4v) is 3.61. The lowest BCUT2D eigenvalue weighted by Gasteiger charge is -2.38. The molecular weight excluding hydrogens is 405 g/mol. The first-order valence-corrected chi connectivity index (χ1v) is 9.23. The second kappa shape index (κ2) is 7.96. The summed E-state index contributed by atoms with van der Waals surface area (Å²) in [5.74, 6) is 5.58. The molecule has 1 amide bonds. The number of halogens is 4. The molecule has 1 atom stereocenters. The van der Waals surface area contributed by atoms with Crippen LogP contribution in [0.25, 0.3) is 0 Å². The average Bonchev–Trinajstić information content (AvgIpc) is 2.68. The highest BCUT2D eigenvalue weighted by Gasteiger charge is 2.37. The fourth-order valence-electron chi connectivity index (χ4n) is 3.29. The quantitative estimate of drug-likeness (QED) is 0.573. The molecule has 5 nitrogen and oxygen atoms in total. The number of hydrazine groups is 1. The van der Waals surface area contributed by atoms with Crippen LogP contribution in [-0.4, -0.2) is 23.4 Å². The SMILES string of the molecule is CC1CC(N(N)c2ccccc2)=C(N)CN1C(=O)c1cccc(C(F)(F)F)c1Cl. The van der Waals surface area contributed by atoms with E-state index in [1.165, 1.54) is 16.0 Å². The lowest BCUT2D eigenvalue weighted by atomic mass is 10.0. The third-order valence-corrected chi connectivity index (χ3v) is 5.26. The number of hydrogen-bond acceptors (Lipinski definition) is 4. The number of carbonyl (C=O) groups excluding carboxylic acids is 1. The van der Waals surface area contributed by atoms with E-state index in [-0.39, 0.29) is 18.2 Å². The molecule has 1 unspecified atom stereocenters. The van der Waals surface area contributed by atoms with Crippen LogP contribution in [0.5, 0.6) is 0 Å². The number of nitrogens with two attached hydrogens (primary N) is 2. The summed E-state index contributed by atoms with van der Waals surface area (Å²) in [6.07, 6.45) is -4.30. The Hall–Kier alpha value is -2.71. The van der Waals surface area contributed by atoms with Crippen LogP contribution < -0.4 is 16.6 Å². The molecule has 0 saturated heterocycles. The molecular formula is C20H20ClF3N4O. The third kappa shape index (κ3) is 4.18. The van der Waals surface area contributed by atoms with Crippen molar-refractivity contribution in [3.8, 4) is 0 Å². The number of alkyl halides is 3. The van der Waals surface area contributed by atoms with E-state index in [0.29, 0.717) is 17.8 Å². The summed E-state index contributed by atoms with van der Waals surface area (Å²) in [5, 5.41) is 0.848. The van der Waals surface area contributed by atoms with Gasteiger partial charge in [-0.1, -0.05) is 35.9 Å². The van der Waals surface area contributed by atoms with E-state index < -0.39 is 22.7 Å². The summed E-state index contributed by atoms with van der Waals surface area (Å²) in [5.41, 5.74) is 6.67. The van der Waals surface area contributed by atoms with E-state index in [9.17, 15) is 18.0 Å². The highest BCUT2D eigenvalue weighted by Crippen LogP contribution is 2.37. The molecule has 154 valence electrons. The van der Waals surface area contributed by atoms with Gasteiger partial charge >= 0.3 is 6.18 Å². The highest BCUT2D eigenvalue weighted by atomic mass is 35.5. The lowest BCUT2D eigenvalue weighted by Crippen LogP contribution is -2.48. The van der Waals surface area contributed by atoms with E-state index in [0.717, 1.165) is 17.8 Å². The standard InChI is InChI=1S/C20H20ClF3N4O/c1-12-10-17(28(26)13-6-3-2-4-7-13)16(25)11-27(12)19(29)14-8-5-9-15(18(14)21)20(22,23)24/h2-9,12H,10-11,25-26H2,1H3. The summed E-state index contributed by atoms with van der Waals surface area (Å²) < 4.78 is 39.4. The van der Waals surface area contributed by atoms with Gasteiger partial charge < -0.3 is 10.6 Å². The number of nitrogens with zero attached hydrogens (tertiary/aromatic N) is 2. The summed E-state index contributed by atoms with van der Waals surface area (Å²) in [6.45, 7) is 1.81. The van der Waals surface area contributed by atoms with Gasteiger partial charge in [0.25, 0.3) is 5.91 Å². The Morgan fingerprint density at radius 1 is 1.17 bits per heavy atom. The van der Waals surface area contributed by atoms with Gasteiger partial charge in [0.2, 0.25) is 0 Å². The van der Waals surface area contributed by atoms with Crippen molar-refractivity contribution in [3.63, 3.8) is 0 Å². The fraction of sp³-hybridized carbons (Fsp3) is 0.250. The molecule has 3 rings (SSSR count). The van der Waals surface area contributed by atoms with E-state index in [2.05, 4.69) is 0 Å². The molecule has 0 radical (unpaired) electrons. The molecule has 0 saturated carbocycles. The monoisotopic (exact) mass is 424 g/mol. The zero-order valence-electron chi connectivity index (χ0n) is 15.6. The molecule has 1 aliphatic heterocycles. The third-order valence-electron chi connectivity index (χ3n) is 4.85. The zero-order valence-corrected chi connectivity index (χ0v) is 16.3. The minimum Gasteiger partial charge on any atom is -0.399 e. The van der Waals surface area contributed by atoms with Crippen LogP contribution in [0.3, 0.4) is 0 Å². The van der Waals surface area contributed by atoms with Crippen molar-refractivity contribution in [3.05, 3.63) is 76.1 Å². The summed E-state index contributed by atoms with van der Waals surface area (Å²) in [7, 11) is 0. The Morgan fingerprint density at radius 3 is 2.45 bits per heavy atom. The molecule has 1 aliphatic rings. The molecule has 0 bridgehead atoms. The van der Waals surface area contributed by atoms with E-state index >= 15 is 0 Å². The van der Waals surface area contributed by atoms with Gasteiger partial charge in [-0.2, -0.15) is 13.2 Å². The van der Waals surface area contributed by atoms with Crippen LogP contribution in [0.1, 0.15) is 29.3 Å². The normalized spacial score (nSPS) is 17.4. The Balaban J connectivity index is 1.89. The van der Waals surface area contributed by atoms with Crippen molar-refractivity contribution in [2.24, 2.45) is 11.6 Å². The number of amides is 1. The molecule has 4 N–H and O–H groups in total. The van der Waals surface area contributed by atoms with Crippen LogP contribution in [0, 0.1) is 0 Å². The Labute approximate surface area is 171 Å². The van der Waals surface area contributed by atoms with Crippen molar-refractivity contribution in [1.29, 1.82) is 0 Å². The van der Waals surface area contributed by atoms with Crippen molar-refractivity contribution in [2.75, 3.05) is 11.6 Å². The predicted octanol–water partition coefficient (Wildman–Crippen LogP) is 4.14. The lowest BCUT2D eigenvalue weighted by molar-refractivity contribution is -0.137. The van der Waals surface area contributed by atoms with Gasteiger partial charge in [-0.15, -0.1) is 0 Å². The van der Waals surface area contributed by atoms with Gasteiger partial charge in [-0.25, -0.2) is 5.84 Å². The maximum atomic E-state index is 13.1. The topological polar surface area (TPSA) is 75.6 Å². The van der Waals surface area contributed by atoms with Gasteiger partial charge in [0.15, 0.2) is 0 Å². The molecule has 0 fully saturated rings. The predicted molar refractivity (Wildman–Crippen MR) is 106 cm³/mol. The molecule has 2 aromatic carbocycles. The van der Waals surface area contributed by atoms with E-state index in [1.807, 2.05) is 30.3 Å². The number of carbonyl (C=O) groups is 1. The maximum absolute atomic E-state index is 13.1.